The van der Waals surface area contributed by atoms with Crippen LogP contribution in [0.25, 0.3) is 0 Å². The molecule has 0 radical (unpaired) electrons. The Morgan fingerprint density at radius 2 is 2.10 bits per heavy atom. The lowest BCUT2D eigenvalue weighted by molar-refractivity contribution is -0.136. The van der Waals surface area contributed by atoms with Crippen molar-refractivity contribution in [1.82, 2.24) is 10.2 Å². The molecule has 0 saturated carbocycles. The second-order valence-corrected chi connectivity index (χ2v) is 5.70. The Hall–Kier alpha value is -1.76. The molecule has 1 N–H and O–H groups in total. The minimum absolute atomic E-state index is 0.0643. The van der Waals surface area contributed by atoms with Gasteiger partial charge >= 0.3 is 0 Å². The molecule has 5 nitrogen and oxygen atoms in total. The summed E-state index contributed by atoms with van der Waals surface area (Å²) in [6.07, 6.45) is 0.461. The molecule has 2 aliphatic rings. The Morgan fingerprint density at radius 3 is 2.76 bits per heavy atom. The number of amides is 3. The highest BCUT2D eigenvalue weighted by Gasteiger charge is 2.40. The van der Waals surface area contributed by atoms with Crippen molar-refractivity contribution in [1.29, 1.82) is 0 Å². The zero-order valence-corrected chi connectivity index (χ0v) is 12.6. The standard InChI is InChI=1S/C14H12BrFN2O3/c15-5-7-3-8-9(10(16)4-7)6-18(14(8)21)11-1-2-12(19)17-13(11)20/h3-4,11H,1-2,5-6H2,(H,17,19,20). The first-order valence-corrected chi connectivity index (χ1v) is 7.65. The maximum absolute atomic E-state index is 14.1. The molecule has 1 aromatic rings. The van der Waals surface area contributed by atoms with Gasteiger partial charge in [-0.15, -0.1) is 0 Å². The summed E-state index contributed by atoms with van der Waals surface area (Å²) in [5.74, 6) is -1.63. The predicted molar refractivity (Wildman–Crippen MR) is 75.1 cm³/mol. The quantitative estimate of drug-likeness (QED) is 0.646. The Kier molecular flexibility index (Phi) is 3.52. The third-order valence-corrected chi connectivity index (χ3v) is 4.46. The largest absolute Gasteiger partial charge is 0.322 e. The molecule has 0 aromatic heterocycles. The molecule has 3 rings (SSSR count). The second-order valence-electron chi connectivity index (χ2n) is 5.14. The lowest BCUT2D eigenvalue weighted by atomic mass is 10.0. The molecule has 7 heteroatoms. The number of imide groups is 1. The van der Waals surface area contributed by atoms with Gasteiger partial charge in [-0.25, -0.2) is 4.39 Å². The van der Waals surface area contributed by atoms with Crippen LogP contribution in [-0.2, 0) is 21.5 Å². The molecule has 1 saturated heterocycles. The number of rotatable bonds is 2. The fourth-order valence-electron chi connectivity index (χ4n) is 2.75. The SMILES string of the molecule is O=C1CCC(N2Cc3c(F)cc(CBr)cc3C2=O)C(=O)N1. The fraction of sp³-hybridized carbons (Fsp3) is 0.357. The highest BCUT2D eigenvalue weighted by molar-refractivity contribution is 9.08. The van der Waals surface area contributed by atoms with Crippen molar-refractivity contribution in [2.24, 2.45) is 0 Å². The van der Waals surface area contributed by atoms with E-state index >= 15 is 0 Å². The Labute approximate surface area is 128 Å². The van der Waals surface area contributed by atoms with E-state index in [0.29, 0.717) is 22.0 Å². The monoisotopic (exact) mass is 354 g/mol. The minimum Gasteiger partial charge on any atom is -0.322 e. The summed E-state index contributed by atoms with van der Waals surface area (Å²) in [5.41, 5.74) is 1.29. The molecular formula is C14H12BrFN2O3. The van der Waals surface area contributed by atoms with Crippen LogP contribution in [0.5, 0.6) is 0 Å². The third-order valence-electron chi connectivity index (χ3n) is 3.82. The molecule has 0 bridgehead atoms. The number of hydrogen-bond acceptors (Lipinski definition) is 3. The first kappa shape index (κ1) is 14.2. The van der Waals surface area contributed by atoms with E-state index in [-0.39, 0.29) is 31.2 Å². The molecule has 0 aliphatic carbocycles. The van der Waals surface area contributed by atoms with Gasteiger partial charge in [-0.2, -0.15) is 0 Å². The maximum Gasteiger partial charge on any atom is 0.255 e. The first-order chi connectivity index (χ1) is 10.0. The Balaban J connectivity index is 1.92. The van der Waals surface area contributed by atoms with Gasteiger partial charge in [0.05, 0.1) is 6.54 Å². The van der Waals surface area contributed by atoms with Crippen molar-refractivity contribution in [2.45, 2.75) is 30.8 Å². The molecule has 2 aliphatic heterocycles. The average molecular weight is 355 g/mol. The van der Waals surface area contributed by atoms with Crippen LogP contribution in [0, 0.1) is 5.82 Å². The molecular weight excluding hydrogens is 343 g/mol. The van der Waals surface area contributed by atoms with E-state index in [9.17, 15) is 18.8 Å². The Morgan fingerprint density at radius 1 is 1.33 bits per heavy atom. The number of carbonyl (C=O) groups excluding carboxylic acids is 3. The molecule has 110 valence electrons. The van der Waals surface area contributed by atoms with Crippen LogP contribution >= 0.6 is 15.9 Å². The van der Waals surface area contributed by atoms with E-state index in [4.69, 9.17) is 0 Å². The van der Waals surface area contributed by atoms with E-state index in [0.717, 1.165) is 0 Å². The van der Waals surface area contributed by atoms with Crippen LogP contribution < -0.4 is 5.32 Å². The van der Waals surface area contributed by atoms with Gasteiger partial charge < -0.3 is 4.90 Å². The smallest absolute Gasteiger partial charge is 0.255 e. The van der Waals surface area contributed by atoms with E-state index in [1.165, 1.54) is 11.0 Å². The molecule has 21 heavy (non-hydrogen) atoms. The first-order valence-electron chi connectivity index (χ1n) is 6.53. The zero-order chi connectivity index (χ0) is 15.1. The molecule has 0 spiro atoms. The average Bonchev–Trinajstić information content (AvgIpc) is 2.77. The summed E-state index contributed by atoms with van der Waals surface area (Å²) in [5, 5.41) is 2.67. The Bertz CT molecular complexity index is 662. The molecule has 2 heterocycles. The summed E-state index contributed by atoms with van der Waals surface area (Å²) >= 11 is 3.23. The summed E-state index contributed by atoms with van der Waals surface area (Å²) in [6, 6.07) is 2.31. The van der Waals surface area contributed by atoms with Gasteiger partial charge in [0.15, 0.2) is 0 Å². The molecule has 1 unspecified atom stereocenters. The van der Waals surface area contributed by atoms with Crippen LogP contribution in [0.3, 0.4) is 0 Å². The van der Waals surface area contributed by atoms with Crippen molar-refractivity contribution in [3.63, 3.8) is 0 Å². The van der Waals surface area contributed by atoms with Crippen molar-refractivity contribution < 1.29 is 18.8 Å². The number of hydrogen-bond donors (Lipinski definition) is 1. The van der Waals surface area contributed by atoms with E-state index < -0.39 is 17.8 Å². The number of carbonyl (C=O) groups is 3. The summed E-state index contributed by atoms with van der Waals surface area (Å²) < 4.78 is 14.1. The second kappa shape index (κ2) is 5.22. The number of nitrogens with zero attached hydrogens (tertiary/aromatic N) is 1. The van der Waals surface area contributed by atoms with Gasteiger partial charge in [0, 0.05) is 22.9 Å². The van der Waals surface area contributed by atoms with Crippen molar-refractivity contribution in [3.8, 4) is 0 Å². The number of alkyl halides is 1. The van der Waals surface area contributed by atoms with Crippen LogP contribution in [0.15, 0.2) is 12.1 Å². The number of nitrogens with one attached hydrogen (secondary N) is 1. The molecule has 1 aromatic carbocycles. The lowest BCUT2D eigenvalue weighted by Gasteiger charge is -2.29. The van der Waals surface area contributed by atoms with Gasteiger partial charge in [0.2, 0.25) is 11.8 Å². The van der Waals surface area contributed by atoms with Crippen LogP contribution in [-0.4, -0.2) is 28.7 Å². The summed E-state index contributed by atoms with van der Waals surface area (Å²) in [6.45, 7) is 0.0643. The van der Waals surface area contributed by atoms with Gasteiger partial charge in [-0.1, -0.05) is 15.9 Å². The number of halogens is 2. The predicted octanol–water partition coefficient (Wildman–Crippen LogP) is 1.48. The van der Waals surface area contributed by atoms with Crippen molar-refractivity contribution in [3.05, 3.63) is 34.6 Å². The zero-order valence-electron chi connectivity index (χ0n) is 11.0. The molecule has 1 fully saturated rings. The number of benzene rings is 1. The van der Waals surface area contributed by atoms with Gasteiger partial charge in [0.25, 0.3) is 5.91 Å². The summed E-state index contributed by atoms with van der Waals surface area (Å²) in [7, 11) is 0. The lowest BCUT2D eigenvalue weighted by Crippen LogP contribution is -2.52. The molecule has 3 amide bonds. The van der Waals surface area contributed by atoms with E-state index in [1.807, 2.05) is 0 Å². The van der Waals surface area contributed by atoms with E-state index in [1.54, 1.807) is 6.07 Å². The van der Waals surface area contributed by atoms with Crippen molar-refractivity contribution >= 4 is 33.7 Å². The van der Waals surface area contributed by atoms with Crippen molar-refractivity contribution in [2.75, 3.05) is 0 Å². The van der Waals surface area contributed by atoms with E-state index in [2.05, 4.69) is 21.2 Å². The maximum atomic E-state index is 14.1. The highest BCUT2D eigenvalue weighted by Crippen LogP contribution is 2.30. The third kappa shape index (κ3) is 2.35. The van der Waals surface area contributed by atoms with Crippen LogP contribution in [0.1, 0.15) is 34.3 Å². The van der Waals surface area contributed by atoms with Gasteiger partial charge in [-0.3, -0.25) is 19.7 Å². The molecule has 1 atom stereocenters. The van der Waals surface area contributed by atoms with Crippen LogP contribution in [0.2, 0.25) is 0 Å². The summed E-state index contributed by atoms with van der Waals surface area (Å²) in [4.78, 5) is 36.8. The topological polar surface area (TPSA) is 66.5 Å². The van der Waals surface area contributed by atoms with Crippen LogP contribution in [0.4, 0.5) is 4.39 Å². The normalized spacial score (nSPS) is 21.5. The number of fused-ring (bicyclic) bond motifs is 1. The fourth-order valence-corrected chi connectivity index (χ4v) is 3.07. The van der Waals surface area contributed by atoms with Gasteiger partial charge in [-0.05, 0) is 24.1 Å². The van der Waals surface area contributed by atoms with Gasteiger partial charge in [0.1, 0.15) is 11.9 Å². The highest BCUT2D eigenvalue weighted by atomic mass is 79.9. The minimum atomic E-state index is -0.713. The number of piperidine rings is 1.